The monoisotopic (exact) mass is 210 g/mol. The molecule has 1 heterocycles. The number of hydrogen-bond acceptors (Lipinski definition) is 3. The molecule has 0 aliphatic heterocycles. The fraction of sp³-hybridized carbons (Fsp3) is 0.636. The van der Waals surface area contributed by atoms with Crippen LogP contribution in [-0.2, 0) is 22.5 Å². The number of Topliss-reactive ketones (excluding diaryl/α,β-unsaturated/α-hetero) is 1. The maximum absolute atomic E-state index is 11.5. The van der Waals surface area contributed by atoms with Crippen molar-refractivity contribution >= 4 is 5.78 Å². The minimum atomic E-state index is 0.208. The van der Waals surface area contributed by atoms with Crippen LogP contribution in [0.25, 0.3) is 0 Å². The van der Waals surface area contributed by atoms with Gasteiger partial charge in [0.05, 0.1) is 12.8 Å². The van der Waals surface area contributed by atoms with E-state index in [1.807, 2.05) is 24.7 Å². The van der Waals surface area contributed by atoms with Crippen LogP contribution in [0.1, 0.15) is 25.8 Å². The van der Waals surface area contributed by atoms with Gasteiger partial charge < -0.3 is 4.74 Å². The molecule has 1 aromatic heterocycles. The van der Waals surface area contributed by atoms with Gasteiger partial charge in [-0.15, -0.1) is 0 Å². The molecule has 1 aromatic rings. The first-order valence-corrected chi connectivity index (χ1v) is 5.37. The first kappa shape index (κ1) is 11.9. The minimum Gasteiger partial charge on any atom is -0.381 e. The molecule has 4 heteroatoms. The van der Waals surface area contributed by atoms with E-state index < -0.39 is 0 Å². The Hall–Kier alpha value is -1.16. The summed E-state index contributed by atoms with van der Waals surface area (Å²) in [5.74, 6) is 0.208. The summed E-state index contributed by atoms with van der Waals surface area (Å²) >= 11 is 0. The third-order valence-corrected chi connectivity index (χ3v) is 2.14. The van der Waals surface area contributed by atoms with E-state index in [1.54, 1.807) is 6.20 Å². The molecular weight excluding hydrogens is 192 g/mol. The molecule has 0 amide bonds. The summed E-state index contributed by atoms with van der Waals surface area (Å²) in [7, 11) is 0. The van der Waals surface area contributed by atoms with E-state index in [0.717, 1.165) is 12.1 Å². The Bertz CT molecular complexity index is 307. The number of carbonyl (C=O) groups is 1. The maximum atomic E-state index is 11.5. The van der Waals surface area contributed by atoms with Crippen LogP contribution in [0.5, 0.6) is 0 Å². The smallest absolute Gasteiger partial charge is 0.139 e. The topological polar surface area (TPSA) is 44.1 Å². The summed E-state index contributed by atoms with van der Waals surface area (Å²) < 4.78 is 6.95. The van der Waals surface area contributed by atoms with Gasteiger partial charge in [0.25, 0.3) is 0 Å². The van der Waals surface area contributed by atoms with Crippen LogP contribution in [0, 0.1) is 0 Å². The van der Waals surface area contributed by atoms with Gasteiger partial charge in [0, 0.05) is 32.2 Å². The van der Waals surface area contributed by atoms with Gasteiger partial charge in [-0.3, -0.25) is 9.48 Å². The minimum absolute atomic E-state index is 0.208. The van der Waals surface area contributed by atoms with Crippen LogP contribution in [0.2, 0.25) is 0 Å². The zero-order chi connectivity index (χ0) is 11.1. The Morgan fingerprint density at radius 2 is 2.33 bits per heavy atom. The molecule has 0 radical (unpaired) electrons. The van der Waals surface area contributed by atoms with Gasteiger partial charge in [0.15, 0.2) is 0 Å². The Kier molecular flexibility index (Phi) is 5.04. The summed E-state index contributed by atoms with van der Waals surface area (Å²) in [5, 5.41) is 4.12. The highest BCUT2D eigenvalue weighted by Gasteiger charge is 2.05. The third-order valence-electron chi connectivity index (χ3n) is 2.14. The van der Waals surface area contributed by atoms with Crippen LogP contribution in [0.4, 0.5) is 0 Å². The Morgan fingerprint density at radius 1 is 1.53 bits per heavy atom. The lowest BCUT2D eigenvalue weighted by Crippen LogP contribution is -2.06. The molecular formula is C11H18N2O2. The molecule has 0 aliphatic carbocycles. The van der Waals surface area contributed by atoms with Crippen molar-refractivity contribution in [2.75, 3.05) is 13.2 Å². The van der Waals surface area contributed by atoms with Crippen molar-refractivity contribution in [3.8, 4) is 0 Å². The van der Waals surface area contributed by atoms with Crippen LogP contribution in [0.3, 0.4) is 0 Å². The van der Waals surface area contributed by atoms with E-state index in [-0.39, 0.29) is 5.78 Å². The standard InChI is InChI=1S/C11H18N2O2/c1-3-13-9-10(8-12-13)7-11(14)5-6-15-4-2/h8-9H,3-7H2,1-2H3. The predicted molar refractivity (Wildman–Crippen MR) is 57.7 cm³/mol. The van der Waals surface area contributed by atoms with Crippen molar-refractivity contribution in [3.63, 3.8) is 0 Å². The summed E-state index contributed by atoms with van der Waals surface area (Å²) in [6.45, 7) is 5.98. The molecule has 0 aliphatic rings. The Balaban J connectivity index is 2.31. The Morgan fingerprint density at radius 3 is 2.93 bits per heavy atom. The average molecular weight is 210 g/mol. The first-order chi connectivity index (χ1) is 7.26. The summed E-state index contributed by atoms with van der Waals surface area (Å²) in [6.07, 6.45) is 4.62. The van der Waals surface area contributed by atoms with Crippen molar-refractivity contribution in [1.82, 2.24) is 9.78 Å². The molecule has 0 unspecified atom stereocenters. The Labute approximate surface area is 90.2 Å². The van der Waals surface area contributed by atoms with E-state index in [0.29, 0.717) is 26.1 Å². The molecule has 0 saturated heterocycles. The zero-order valence-corrected chi connectivity index (χ0v) is 9.40. The molecule has 15 heavy (non-hydrogen) atoms. The fourth-order valence-electron chi connectivity index (χ4n) is 1.32. The highest BCUT2D eigenvalue weighted by Crippen LogP contribution is 2.01. The average Bonchev–Trinajstić information content (AvgIpc) is 2.66. The van der Waals surface area contributed by atoms with Crippen molar-refractivity contribution in [2.45, 2.75) is 33.2 Å². The molecule has 0 aromatic carbocycles. The summed E-state index contributed by atoms with van der Waals surface area (Å²) in [4.78, 5) is 11.5. The molecule has 84 valence electrons. The van der Waals surface area contributed by atoms with Gasteiger partial charge in [-0.2, -0.15) is 5.10 Å². The molecule has 4 nitrogen and oxygen atoms in total. The number of rotatable bonds is 7. The lowest BCUT2D eigenvalue weighted by atomic mass is 10.1. The van der Waals surface area contributed by atoms with Gasteiger partial charge in [0.1, 0.15) is 5.78 Å². The van der Waals surface area contributed by atoms with Crippen LogP contribution in [0.15, 0.2) is 12.4 Å². The van der Waals surface area contributed by atoms with Crippen molar-refractivity contribution < 1.29 is 9.53 Å². The molecule has 0 fully saturated rings. The van der Waals surface area contributed by atoms with Gasteiger partial charge >= 0.3 is 0 Å². The van der Waals surface area contributed by atoms with Crippen LogP contribution >= 0.6 is 0 Å². The maximum Gasteiger partial charge on any atom is 0.139 e. The highest BCUT2D eigenvalue weighted by molar-refractivity contribution is 5.80. The molecule has 0 saturated carbocycles. The molecule has 1 rings (SSSR count). The summed E-state index contributed by atoms with van der Waals surface area (Å²) in [6, 6.07) is 0. The molecule has 0 bridgehead atoms. The number of hydrogen-bond donors (Lipinski definition) is 0. The van der Waals surface area contributed by atoms with Crippen molar-refractivity contribution in [2.24, 2.45) is 0 Å². The van der Waals surface area contributed by atoms with E-state index >= 15 is 0 Å². The quantitative estimate of drug-likeness (QED) is 0.640. The lowest BCUT2D eigenvalue weighted by Gasteiger charge is -1.99. The van der Waals surface area contributed by atoms with E-state index in [4.69, 9.17) is 4.74 Å². The van der Waals surface area contributed by atoms with Crippen molar-refractivity contribution in [3.05, 3.63) is 18.0 Å². The van der Waals surface area contributed by atoms with Crippen molar-refractivity contribution in [1.29, 1.82) is 0 Å². The van der Waals surface area contributed by atoms with E-state index in [1.165, 1.54) is 0 Å². The van der Waals surface area contributed by atoms with Gasteiger partial charge in [-0.25, -0.2) is 0 Å². The number of aryl methyl sites for hydroxylation is 1. The molecule has 0 N–H and O–H groups in total. The number of nitrogens with zero attached hydrogens (tertiary/aromatic N) is 2. The van der Waals surface area contributed by atoms with Gasteiger partial charge in [-0.1, -0.05) is 0 Å². The van der Waals surface area contributed by atoms with Gasteiger partial charge in [-0.05, 0) is 19.4 Å². The highest BCUT2D eigenvalue weighted by atomic mass is 16.5. The number of ether oxygens (including phenoxy) is 1. The van der Waals surface area contributed by atoms with Gasteiger partial charge in [0.2, 0.25) is 0 Å². The fourth-order valence-corrected chi connectivity index (χ4v) is 1.32. The second-order valence-corrected chi connectivity index (χ2v) is 3.37. The zero-order valence-electron chi connectivity index (χ0n) is 9.40. The number of ketones is 1. The third kappa shape index (κ3) is 4.25. The molecule has 0 spiro atoms. The predicted octanol–water partition coefficient (Wildman–Crippen LogP) is 1.44. The molecule has 0 atom stereocenters. The second kappa shape index (κ2) is 6.35. The second-order valence-electron chi connectivity index (χ2n) is 3.37. The van der Waals surface area contributed by atoms with E-state index in [2.05, 4.69) is 5.10 Å². The summed E-state index contributed by atoms with van der Waals surface area (Å²) in [5.41, 5.74) is 0.985. The normalized spacial score (nSPS) is 10.5. The first-order valence-electron chi connectivity index (χ1n) is 5.37. The number of carbonyl (C=O) groups excluding carboxylic acids is 1. The largest absolute Gasteiger partial charge is 0.381 e. The van der Waals surface area contributed by atoms with Crippen LogP contribution in [-0.4, -0.2) is 28.8 Å². The lowest BCUT2D eigenvalue weighted by molar-refractivity contribution is -0.119. The van der Waals surface area contributed by atoms with E-state index in [9.17, 15) is 4.79 Å². The number of aromatic nitrogens is 2. The van der Waals surface area contributed by atoms with Crippen LogP contribution < -0.4 is 0 Å². The SMILES string of the molecule is CCOCCC(=O)Cc1cnn(CC)c1.